The summed E-state index contributed by atoms with van der Waals surface area (Å²) in [6.07, 6.45) is 0. The van der Waals surface area contributed by atoms with Gasteiger partial charge in [0.25, 0.3) is 23.6 Å². The molecule has 0 unspecified atom stereocenters. The van der Waals surface area contributed by atoms with Crippen molar-refractivity contribution in [3.05, 3.63) is 0 Å². The fraction of sp³-hybridized carbons (Fsp3) is 0.273. The van der Waals surface area contributed by atoms with Gasteiger partial charge in [0.05, 0.1) is 0 Å². The van der Waals surface area contributed by atoms with Crippen LogP contribution in [-0.2, 0) is 47.8 Å². The van der Waals surface area contributed by atoms with Crippen molar-refractivity contribution in [3.8, 4) is 0 Å². The number of carbonyl (C=O) groups excluding carboxylic acids is 8. The average Bonchev–Trinajstić information content (AvgIpc) is 2.47. The number of esters is 4. The van der Waals surface area contributed by atoms with E-state index in [-0.39, 0.29) is 0 Å². The molecule has 0 aromatic carbocycles. The fourth-order valence-electron chi connectivity index (χ4n) is 2.72. The number of cyclic esters (lactones) is 4. The van der Waals surface area contributed by atoms with Gasteiger partial charge in [-0.1, -0.05) is 0 Å². The molecule has 12 heteroatoms. The standard InChI is InChI=1S/C11H2N2O10/c14-2-10(6(18)22-7(10)19)3(15)12(2)1-13-4(16)11(5(13)17)8(20)23-9(11)21/h1H2. The summed E-state index contributed by atoms with van der Waals surface area (Å²) in [6.45, 7) is -0.917. The first-order chi connectivity index (χ1) is 10.7. The van der Waals surface area contributed by atoms with E-state index in [1.807, 2.05) is 0 Å². The quantitative estimate of drug-likeness (QED) is 0.277. The lowest BCUT2D eigenvalue weighted by atomic mass is 9.72. The molecule has 4 saturated heterocycles. The molecule has 4 aliphatic rings. The van der Waals surface area contributed by atoms with Gasteiger partial charge in [0.15, 0.2) is 0 Å². The Balaban J connectivity index is 1.54. The Kier molecular flexibility index (Phi) is 1.91. The maximum absolute atomic E-state index is 11.8. The molecule has 4 aliphatic heterocycles. The van der Waals surface area contributed by atoms with Crippen LogP contribution in [0.1, 0.15) is 0 Å². The average molecular weight is 322 g/mol. The molecule has 4 heterocycles. The molecule has 0 aromatic rings. The van der Waals surface area contributed by atoms with Crippen LogP contribution in [0.3, 0.4) is 0 Å². The van der Waals surface area contributed by atoms with E-state index >= 15 is 0 Å². The van der Waals surface area contributed by atoms with Gasteiger partial charge in [0.2, 0.25) is 0 Å². The number of likely N-dealkylation sites (tertiary alicyclic amines) is 2. The van der Waals surface area contributed by atoms with E-state index in [9.17, 15) is 38.4 Å². The van der Waals surface area contributed by atoms with Gasteiger partial charge in [-0.05, 0) is 0 Å². The molecule has 4 amide bonds. The first-order valence-electron chi connectivity index (χ1n) is 5.98. The lowest BCUT2D eigenvalue weighted by Crippen LogP contribution is -2.83. The van der Waals surface area contributed by atoms with E-state index in [2.05, 4.69) is 9.47 Å². The van der Waals surface area contributed by atoms with Crippen LogP contribution in [0.2, 0.25) is 0 Å². The summed E-state index contributed by atoms with van der Waals surface area (Å²) in [5, 5.41) is 0. The molecular formula is C11H2N2O10. The topological polar surface area (TPSA) is 162 Å². The van der Waals surface area contributed by atoms with E-state index in [0.29, 0.717) is 9.80 Å². The monoisotopic (exact) mass is 322 g/mol. The van der Waals surface area contributed by atoms with Crippen LogP contribution in [-0.4, -0.2) is 64.0 Å². The molecule has 4 rings (SSSR count). The largest absolute Gasteiger partial charge is 0.390 e. The minimum absolute atomic E-state index is 0.301. The van der Waals surface area contributed by atoms with Crippen molar-refractivity contribution >= 4 is 47.5 Å². The summed E-state index contributed by atoms with van der Waals surface area (Å²) in [5.74, 6) is -10.3. The van der Waals surface area contributed by atoms with Gasteiger partial charge in [0, 0.05) is 0 Å². The second-order valence-corrected chi connectivity index (χ2v) is 5.07. The van der Waals surface area contributed by atoms with Crippen LogP contribution in [0.4, 0.5) is 0 Å². The van der Waals surface area contributed by atoms with Crippen LogP contribution in [0, 0.1) is 10.8 Å². The Hall–Kier alpha value is -3.44. The zero-order valence-electron chi connectivity index (χ0n) is 10.7. The Morgan fingerprint density at radius 2 is 0.826 bits per heavy atom. The fourth-order valence-corrected chi connectivity index (χ4v) is 2.72. The number of ether oxygens (including phenoxy) is 2. The molecule has 0 aromatic heterocycles. The highest BCUT2D eigenvalue weighted by molar-refractivity contribution is 6.51. The van der Waals surface area contributed by atoms with Crippen molar-refractivity contribution in [1.29, 1.82) is 0 Å². The smallest absolute Gasteiger partial charge is 0.351 e. The van der Waals surface area contributed by atoms with Gasteiger partial charge in [0.1, 0.15) is 6.67 Å². The molecule has 0 bridgehead atoms. The van der Waals surface area contributed by atoms with Gasteiger partial charge in [-0.3, -0.25) is 29.0 Å². The molecule has 23 heavy (non-hydrogen) atoms. The number of hydrogen-bond acceptors (Lipinski definition) is 10. The van der Waals surface area contributed by atoms with Gasteiger partial charge in [-0.25, -0.2) is 19.2 Å². The predicted octanol–water partition coefficient (Wildman–Crippen LogP) is -4.18. The van der Waals surface area contributed by atoms with Gasteiger partial charge in [-0.2, -0.15) is 0 Å². The first-order valence-corrected chi connectivity index (χ1v) is 5.98. The number of hydrogen-bond donors (Lipinski definition) is 0. The Bertz CT molecular complexity index is 706. The highest BCUT2D eigenvalue weighted by atomic mass is 16.6. The second-order valence-electron chi connectivity index (χ2n) is 5.07. The minimum atomic E-state index is -2.54. The Morgan fingerprint density at radius 3 is 1.04 bits per heavy atom. The number of imide groups is 2. The summed E-state index contributed by atoms with van der Waals surface area (Å²) >= 11 is 0. The molecule has 2 spiro atoms. The predicted molar refractivity (Wildman–Crippen MR) is 55.6 cm³/mol. The third kappa shape index (κ3) is 0.967. The normalized spacial score (nSPS) is 26.6. The molecular weight excluding hydrogens is 320 g/mol. The molecule has 0 N–H and O–H groups in total. The molecule has 0 aliphatic carbocycles. The summed E-state index contributed by atoms with van der Waals surface area (Å²) in [6, 6.07) is 0. The van der Waals surface area contributed by atoms with E-state index in [1.54, 1.807) is 0 Å². The minimum Gasteiger partial charge on any atom is -0.390 e. The van der Waals surface area contributed by atoms with Crippen molar-refractivity contribution in [1.82, 2.24) is 9.80 Å². The zero-order valence-corrected chi connectivity index (χ0v) is 10.7. The lowest BCUT2D eigenvalue weighted by Gasteiger charge is -2.51. The van der Waals surface area contributed by atoms with Crippen LogP contribution >= 0.6 is 0 Å². The molecule has 4 fully saturated rings. The van der Waals surface area contributed by atoms with Crippen LogP contribution in [0.5, 0.6) is 0 Å². The molecule has 0 radical (unpaired) electrons. The highest BCUT2D eigenvalue weighted by Crippen LogP contribution is 2.46. The van der Waals surface area contributed by atoms with Crippen LogP contribution < -0.4 is 0 Å². The number of amides is 4. The lowest BCUT2D eigenvalue weighted by molar-refractivity contribution is -0.217. The third-order valence-electron chi connectivity index (χ3n) is 4.14. The SMILES string of the molecule is O=C1OC(=O)C12C(=O)N(CN1C(=O)C3(C(=O)OC3=O)C1=O)C2=O. The van der Waals surface area contributed by atoms with Crippen molar-refractivity contribution in [3.63, 3.8) is 0 Å². The number of β-lactam (4-membered cyclic amide) rings is 4. The number of carbonyl (C=O) groups is 8. The molecule has 0 atom stereocenters. The highest BCUT2D eigenvalue weighted by Gasteiger charge is 2.83. The Labute approximate surface area is 123 Å². The summed E-state index contributed by atoms with van der Waals surface area (Å²) in [7, 11) is 0. The number of nitrogens with zero attached hydrogens (tertiary/aromatic N) is 2. The van der Waals surface area contributed by atoms with E-state index in [0.717, 1.165) is 0 Å². The van der Waals surface area contributed by atoms with E-state index in [4.69, 9.17) is 0 Å². The van der Waals surface area contributed by atoms with Crippen LogP contribution in [0.15, 0.2) is 0 Å². The van der Waals surface area contributed by atoms with Crippen molar-refractivity contribution in [2.24, 2.45) is 10.8 Å². The van der Waals surface area contributed by atoms with Crippen molar-refractivity contribution in [2.45, 2.75) is 0 Å². The molecule has 116 valence electrons. The zero-order chi connectivity index (χ0) is 16.9. The number of rotatable bonds is 2. The van der Waals surface area contributed by atoms with Crippen molar-refractivity contribution in [2.75, 3.05) is 6.67 Å². The summed E-state index contributed by atoms with van der Waals surface area (Å²) < 4.78 is 7.92. The second kappa shape index (κ2) is 3.31. The maximum Gasteiger partial charge on any atom is 0.351 e. The van der Waals surface area contributed by atoms with Crippen LogP contribution in [0.25, 0.3) is 0 Å². The van der Waals surface area contributed by atoms with Gasteiger partial charge in [-0.15, -0.1) is 0 Å². The third-order valence-corrected chi connectivity index (χ3v) is 4.14. The van der Waals surface area contributed by atoms with Gasteiger partial charge < -0.3 is 9.47 Å². The van der Waals surface area contributed by atoms with E-state index in [1.165, 1.54) is 0 Å². The summed E-state index contributed by atoms with van der Waals surface area (Å²) in [4.78, 5) is 92.7. The summed E-state index contributed by atoms with van der Waals surface area (Å²) in [5.41, 5.74) is -5.08. The Morgan fingerprint density at radius 1 is 0.565 bits per heavy atom. The van der Waals surface area contributed by atoms with E-state index < -0.39 is 65.0 Å². The molecule has 0 saturated carbocycles. The van der Waals surface area contributed by atoms with Crippen molar-refractivity contribution < 1.29 is 47.8 Å². The maximum atomic E-state index is 11.8. The van der Waals surface area contributed by atoms with Gasteiger partial charge >= 0.3 is 34.7 Å². The molecule has 12 nitrogen and oxygen atoms in total. The first kappa shape index (κ1) is 13.2.